The van der Waals surface area contributed by atoms with Gasteiger partial charge in [0, 0.05) is 28.5 Å². The van der Waals surface area contributed by atoms with Gasteiger partial charge < -0.3 is 9.42 Å². The second kappa shape index (κ2) is 6.56. The quantitative estimate of drug-likeness (QED) is 0.530. The third-order valence-electron chi connectivity index (χ3n) is 5.70. The van der Waals surface area contributed by atoms with Crippen LogP contribution in [0.5, 0.6) is 0 Å². The molecule has 2 atom stereocenters. The molecule has 3 heterocycles. The van der Waals surface area contributed by atoms with E-state index in [0.29, 0.717) is 35.3 Å². The number of hydrogen-bond donors (Lipinski definition) is 0. The first-order valence-corrected chi connectivity index (χ1v) is 10.2. The Balaban J connectivity index is 1.75. The van der Waals surface area contributed by atoms with Crippen molar-refractivity contribution in [2.75, 3.05) is 20.1 Å². The predicted molar refractivity (Wildman–Crippen MR) is 109 cm³/mol. The summed E-state index contributed by atoms with van der Waals surface area (Å²) in [6, 6.07) is 10.0. The van der Waals surface area contributed by atoms with Gasteiger partial charge in [-0.3, -0.25) is 4.79 Å². The second-order valence-corrected chi connectivity index (χ2v) is 8.66. The van der Waals surface area contributed by atoms with Gasteiger partial charge in [-0.1, -0.05) is 5.16 Å². The molecule has 2 aromatic heterocycles. The van der Waals surface area contributed by atoms with Gasteiger partial charge in [0.05, 0.1) is 23.1 Å². The van der Waals surface area contributed by atoms with Crippen molar-refractivity contribution in [1.29, 1.82) is 0 Å². The highest BCUT2D eigenvalue weighted by atomic mass is 127. The maximum absolute atomic E-state index is 13.1. The van der Waals surface area contributed by atoms with Crippen LogP contribution in [0.3, 0.4) is 0 Å². The molecule has 2 unspecified atom stereocenters. The maximum atomic E-state index is 13.1. The summed E-state index contributed by atoms with van der Waals surface area (Å²) in [5.74, 6) is 1.38. The normalized spacial score (nSPS) is 22.5. The zero-order chi connectivity index (χ0) is 18.5. The van der Waals surface area contributed by atoms with E-state index >= 15 is 0 Å². The number of carbonyl (C=O) groups excluding carboxylic acids is 1. The topological polar surface area (TPSA) is 64.2 Å². The van der Waals surface area contributed by atoms with E-state index in [0.717, 1.165) is 30.9 Å². The zero-order valence-electron chi connectivity index (χ0n) is 14.9. The summed E-state index contributed by atoms with van der Waals surface area (Å²) in [5, 5.41) is 8.66. The van der Waals surface area contributed by atoms with E-state index in [-0.39, 0.29) is 5.78 Å². The molecule has 1 saturated heterocycles. The van der Waals surface area contributed by atoms with Crippen LogP contribution >= 0.6 is 22.6 Å². The molecule has 1 aliphatic heterocycles. The van der Waals surface area contributed by atoms with Gasteiger partial charge >= 0.3 is 0 Å². The summed E-state index contributed by atoms with van der Waals surface area (Å²) in [4.78, 5) is 15.5. The van der Waals surface area contributed by atoms with Gasteiger partial charge in [-0.25, -0.2) is 4.68 Å². The molecule has 5 rings (SSSR count). The van der Waals surface area contributed by atoms with E-state index in [1.54, 1.807) is 12.3 Å². The summed E-state index contributed by atoms with van der Waals surface area (Å²) in [6.45, 7) is 1.98. The third-order valence-corrected chi connectivity index (χ3v) is 6.42. The number of halogens is 1. The number of hydrogen-bond acceptors (Lipinski definition) is 5. The van der Waals surface area contributed by atoms with Crippen molar-refractivity contribution in [1.82, 2.24) is 19.8 Å². The molecule has 7 heteroatoms. The number of nitrogens with zero attached hydrogens (tertiary/aromatic N) is 4. The number of piperidine rings is 1. The van der Waals surface area contributed by atoms with Crippen LogP contribution in [0, 0.1) is 9.49 Å². The van der Waals surface area contributed by atoms with Gasteiger partial charge in [0.25, 0.3) is 0 Å². The average Bonchev–Trinajstić information content (AvgIpc) is 3.31. The van der Waals surface area contributed by atoms with Crippen LogP contribution in [-0.4, -0.2) is 45.8 Å². The van der Waals surface area contributed by atoms with Crippen LogP contribution in [0.1, 0.15) is 34.8 Å². The number of aromatic nitrogens is 3. The van der Waals surface area contributed by atoms with Crippen molar-refractivity contribution < 1.29 is 9.32 Å². The van der Waals surface area contributed by atoms with Gasteiger partial charge in [-0.15, -0.1) is 0 Å². The molecule has 0 N–H and O–H groups in total. The minimum atomic E-state index is 0.166. The van der Waals surface area contributed by atoms with Gasteiger partial charge in [0.15, 0.2) is 11.5 Å². The number of ketones is 1. The van der Waals surface area contributed by atoms with Crippen molar-refractivity contribution in [3.8, 4) is 17.1 Å². The second-order valence-electron chi connectivity index (χ2n) is 7.42. The van der Waals surface area contributed by atoms with Crippen molar-refractivity contribution in [2.45, 2.75) is 18.8 Å². The fourth-order valence-corrected chi connectivity index (χ4v) is 4.76. The molecule has 0 bridgehead atoms. The van der Waals surface area contributed by atoms with Crippen LogP contribution in [0.15, 0.2) is 41.1 Å². The van der Waals surface area contributed by atoms with Crippen molar-refractivity contribution in [2.24, 2.45) is 5.92 Å². The highest BCUT2D eigenvalue weighted by Crippen LogP contribution is 2.44. The summed E-state index contributed by atoms with van der Waals surface area (Å²) in [5.41, 5.74) is 3.31. The molecule has 1 fully saturated rings. The third kappa shape index (κ3) is 2.84. The van der Waals surface area contributed by atoms with Crippen LogP contribution < -0.4 is 0 Å². The molecular formula is C20H19IN4O2. The molecule has 1 aromatic carbocycles. The van der Waals surface area contributed by atoms with E-state index < -0.39 is 0 Å². The first-order valence-electron chi connectivity index (χ1n) is 9.13. The molecule has 27 heavy (non-hydrogen) atoms. The minimum absolute atomic E-state index is 0.166. The molecule has 3 aromatic rings. The summed E-state index contributed by atoms with van der Waals surface area (Å²) in [7, 11) is 2.15. The Hall–Kier alpha value is -2.00. The standard InChI is InChI=1S/C20H19IN4O2/c1-24-9-7-12-10-16(26)18-19(17-6-8-22-27-17)23-25(20(18)15(12)11-24)14-4-2-13(21)3-5-14/h2-6,8,12,15H,7,9-11H2,1H3. The Labute approximate surface area is 170 Å². The minimum Gasteiger partial charge on any atom is -0.355 e. The highest BCUT2D eigenvalue weighted by Gasteiger charge is 2.42. The smallest absolute Gasteiger partial charge is 0.187 e. The molecular weight excluding hydrogens is 455 g/mol. The Morgan fingerprint density at radius 3 is 2.78 bits per heavy atom. The number of likely N-dealkylation sites (N-methyl/N-ethyl adjacent to an activating group) is 1. The number of rotatable bonds is 2. The largest absolute Gasteiger partial charge is 0.355 e. The lowest BCUT2D eigenvalue weighted by Crippen LogP contribution is -2.41. The Morgan fingerprint density at radius 2 is 2.04 bits per heavy atom. The van der Waals surface area contributed by atoms with Gasteiger partial charge in [0.1, 0.15) is 5.69 Å². The van der Waals surface area contributed by atoms with Crippen LogP contribution in [-0.2, 0) is 0 Å². The summed E-state index contributed by atoms with van der Waals surface area (Å²) in [6.07, 6.45) is 3.23. The molecule has 0 amide bonds. The molecule has 0 radical (unpaired) electrons. The number of likely N-dealkylation sites (tertiary alicyclic amines) is 1. The molecule has 138 valence electrons. The highest BCUT2D eigenvalue weighted by molar-refractivity contribution is 14.1. The number of benzene rings is 1. The monoisotopic (exact) mass is 474 g/mol. The molecule has 6 nitrogen and oxygen atoms in total. The van der Waals surface area contributed by atoms with Crippen molar-refractivity contribution >= 4 is 28.4 Å². The average molecular weight is 474 g/mol. The first kappa shape index (κ1) is 17.1. The molecule has 2 aliphatic rings. The van der Waals surface area contributed by atoms with E-state index in [1.807, 2.05) is 4.68 Å². The van der Waals surface area contributed by atoms with Crippen LogP contribution in [0.2, 0.25) is 0 Å². The Morgan fingerprint density at radius 1 is 1.22 bits per heavy atom. The van der Waals surface area contributed by atoms with Gasteiger partial charge in [-0.2, -0.15) is 5.10 Å². The first-order chi connectivity index (χ1) is 13.1. The number of carbonyl (C=O) groups is 1. The SMILES string of the molecule is CN1CCC2CC(=O)c3c(-c4ccno4)nn(-c4ccc(I)cc4)c3C2C1. The summed E-state index contributed by atoms with van der Waals surface area (Å²) < 4.78 is 8.49. The van der Waals surface area contributed by atoms with E-state index in [2.05, 4.69) is 64.0 Å². The lowest BCUT2D eigenvalue weighted by molar-refractivity contribution is 0.0883. The van der Waals surface area contributed by atoms with E-state index in [9.17, 15) is 4.79 Å². The molecule has 0 saturated carbocycles. The Bertz CT molecular complexity index is 994. The van der Waals surface area contributed by atoms with Crippen molar-refractivity contribution in [3.05, 3.63) is 51.4 Å². The molecule has 0 spiro atoms. The zero-order valence-corrected chi connectivity index (χ0v) is 17.1. The molecule has 1 aliphatic carbocycles. The van der Waals surface area contributed by atoms with Crippen LogP contribution in [0.25, 0.3) is 17.1 Å². The van der Waals surface area contributed by atoms with Crippen LogP contribution in [0.4, 0.5) is 0 Å². The number of fused-ring (bicyclic) bond motifs is 3. The fourth-order valence-electron chi connectivity index (χ4n) is 4.40. The lowest BCUT2D eigenvalue weighted by Gasteiger charge is -2.39. The van der Waals surface area contributed by atoms with E-state index in [1.165, 1.54) is 3.57 Å². The Kier molecular flexibility index (Phi) is 4.16. The fraction of sp³-hybridized carbons (Fsp3) is 0.350. The predicted octanol–water partition coefficient (Wildman–Crippen LogP) is 3.75. The summed E-state index contributed by atoms with van der Waals surface area (Å²) >= 11 is 2.29. The van der Waals surface area contributed by atoms with Gasteiger partial charge in [0.2, 0.25) is 0 Å². The van der Waals surface area contributed by atoms with Gasteiger partial charge in [-0.05, 0) is 72.8 Å². The van der Waals surface area contributed by atoms with E-state index in [4.69, 9.17) is 9.62 Å². The lowest BCUT2D eigenvalue weighted by atomic mass is 9.73. The number of Topliss-reactive ketones (excluding diaryl/α,β-unsaturated/α-hetero) is 1. The van der Waals surface area contributed by atoms with Crippen molar-refractivity contribution in [3.63, 3.8) is 0 Å². The maximum Gasteiger partial charge on any atom is 0.187 e.